The van der Waals surface area contributed by atoms with Gasteiger partial charge in [-0.1, -0.05) is 0 Å². The first kappa shape index (κ1) is 15.7. The first-order chi connectivity index (χ1) is 2.73. The van der Waals surface area contributed by atoms with Gasteiger partial charge in [0.2, 0.25) is 0 Å². The molecule has 0 amide bonds. The van der Waals surface area contributed by atoms with Crippen LogP contribution in [0.2, 0.25) is 0 Å². The van der Waals surface area contributed by atoms with Crippen LogP contribution in [0.1, 0.15) is 0 Å². The van der Waals surface area contributed by atoms with E-state index in [1.54, 1.807) is 0 Å². The summed E-state index contributed by atoms with van der Waals surface area (Å²) in [6.45, 7) is 0. The average Bonchev–Trinajstić information content (AvgIpc) is 1.41. The van der Waals surface area contributed by atoms with Crippen LogP contribution in [-0.4, -0.2) is 55.0 Å². The van der Waals surface area contributed by atoms with Crippen molar-refractivity contribution in [1.82, 2.24) is 0 Å². The average molecular weight is 279 g/mol. The second-order valence-corrected chi connectivity index (χ2v) is 0.250. The standard InChI is InChI=1S/CH2O3.Ba.O.Zn/c2-1(3)4;;;/h(H2,2,3,4);;;/q;+2;;/p-2. The van der Waals surface area contributed by atoms with Crippen LogP contribution < -0.4 is 10.2 Å². The number of carbonyl (C=O) groups excluding carboxylic acids is 1. The number of rotatable bonds is 0. The van der Waals surface area contributed by atoms with Crippen LogP contribution in [0, 0.1) is 0 Å². The molecule has 0 saturated carbocycles. The number of hydrogen-bond acceptors (Lipinski definition) is 4. The molecule has 0 aromatic carbocycles. The molecule has 0 unspecified atom stereocenters. The van der Waals surface area contributed by atoms with Crippen molar-refractivity contribution in [3.63, 3.8) is 0 Å². The molecule has 0 aromatic heterocycles. The Morgan fingerprint density at radius 3 is 1.29 bits per heavy atom. The molecule has 0 heterocycles. The predicted octanol–water partition coefficient (Wildman–Crippen LogP) is -2.95. The van der Waals surface area contributed by atoms with Crippen molar-refractivity contribution < 1.29 is 36.8 Å². The molecule has 0 atom stereocenters. The minimum atomic E-state index is -2.33. The van der Waals surface area contributed by atoms with Crippen molar-refractivity contribution in [3.8, 4) is 0 Å². The number of carbonyl (C=O) groups is 1. The van der Waals surface area contributed by atoms with E-state index in [1.807, 2.05) is 0 Å². The van der Waals surface area contributed by atoms with Crippen LogP contribution in [-0.2, 0) is 21.8 Å². The van der Waals surface area contributed by atoms with Gasteiger partial charge in [-0.05, 0) is 6.16 Å². The zero-order valence-corrected chi connectivity index (χ0v) is 11.0. The van der Waals surface area contributed by atoms with Crippen LogP contribution in [0.5, 0.6) is 0 Å². The summed E-state index contributed by atoms with van der Waals surface area (Å²) in [6, 6.07) is 0. The van der Waals surface area contributed by atoms with Crippen LogP contribution in [0.4, 0.5) is 4.79 Å². The van der Waals surface area contributed by atoms with Gasteiger partial charge in [0.15, 0.2) is 0 Å². The van der Waals surface area contributed by atoms with Gasteiger partial charge in [-0.2, -0.15) is 0 Å². The summed E-state index contributed by atoms with van der Waals surface area (Å²) in [5, 5.41) is 16.7. The van der Waals surface area contributed by atoms with Crippen molar-refractivity contribution in [1.29, 1.82) is 0 Å². The van der Waals surface area contributed by atoms with Crippen molar-refractivity contribution in [3.05, 3.63) is 0 Å². The Bertz CT molecular complexity index is 43.0. The molecule has 0 saturated heterocycles. The van der Waals surface area contributed by atoms with Crippen LogP contribution in [0.15, 0.2) is 0 Å². The Labute approximate surface area is 90.3 Å². The maximum atomic E-state index is 8.38. The van der Waals surface area contributed by atoms with Gasteiger partial charge in [-0.15, -0.1) is 0 Å². The normalized spacial score (nSPS) is 4.29. The van der Waals surface area contributed by atoms with Crippen molar-refractivity contribution in [2.24, 2.45) is 0 Å². The third-order valence-electron chi connectivity index (χ3n) is 0. The molecular formula is CBaO4Zn. The third kappa shape index (κ3) is 126. The summed E-state index contributed by atoms with van der Waals surface area (Å²) in [5.41, 5.74) is 0. The summed E-state index contributed by atoms with van der Waals surface area (Å²) < 4.78 is 8.38. The topological polar surface area (TPSA) is 80.3 Å². The summed E-state index contributed by atoms with van der Waals surface area (Å²) in [7, 11) is 0. The van der Waals surface area contributed by atoms with E-state index in [9.17, 15) is 0 Å². The molecule has 0 bridgehead atoms. The van der Waals surface area contributed by atoms with E-state index in [1.165, 1.54) is 0 Å². The molecule has 0 aliphatic carbocycles. The van der Waals surface area contributed by atoms with E-state index >= 15 is 0 Å². The molecule has 6 heteroatoms. The summed E-state index contributed by atoms with van der Waals surface area (Å²) in [5.74, 6) is 0. The summed E-state index contributed by atoms with van der Waals surface area (Å²) >= 11 is 0.125. The fourth-order valence-electron chi connectivity index (χ4n) is 0. The predicted molar refractivity (Wildman–Crippen MR) is 11.8 cm³/mol. The van der Waals surface area contributed by atoms with E-state index in [-0.39, 0.29) is 67.1 Å². The van der Waals surface area contributed by atoms with Gasteiger partial charge in [0.1, 0.15) is 0 Å². The van der Waals surface area contributed by atoms with Crippen molar-refractivity contribution in [2.75, 3.05) is 0 Å². The van der Waals surface area contributed by atoms with Gasteiger partial charge in [-0.3, -0.25) is 0 Å². The van der Waals surface area contributed by atoms with Crippen molar-refractivity contribution in [2.45, 2.75) is 0 Å². The molecule has 32 valence electrons. The van der Waals surface area contributed by atoms with E-state index in [4.69, 9.17) is 18.6 Å². The number of hydrogen-bond donors (Lipinski definition) is 0. The van der Waals surface area contributed by atoms with Gasteiger partial charge in [0.25, 0.3) is 0 Å². The second-order valence-electron chi connectivity index (χ2n) is 0.250. The zero-order valence-electron chi connectivity index (χ0n) is 3.55. The molecule has 0 aliphatic heterocycles. The Kier molecular flexibility index (Phi) is 35.2. The molecule has 0 aliphatic rings. The van der Waals surface area contributed by atoms with E-state index in [2.05, 4.69) is 0 Å². The number of carboxylic acid groups (broad SMARTS) is 2. The van der Waals surface area contributed by atoms with Gasteiger partial charge in [0, 0.05) is 0 Å². The van der Waals surface area contributed by atoms with Gasteiger partial charge in [-0.25, -0.2) is 0 Å². The van der Waals surface area contributed by atoms with Crippen LogP contribution in [0.3, 0.4) is 0 Å². The molecule has 0 aromatic rings. The van der Waals surface area contributed by atoms with Crippen LogP contribution >= 0.6 is 0 Å². The Hall–Kier alpha value is 1.26. The third-order valence-corrected chi connectivity index (χ3v) is 0. The van der Waals surface area contributed by atoms with Crippen LogP contribution in [0.25, 0.3) is 0 Å². The van der Waals surface area contributed by atoms with Gasteiger partial charge >= 0.3 is 70.7 Å². The minimum absolute atomic E-state index is 0. The summed E-state index contributed by atoms with van der Waals surface area (Å²) in [4.78, 5) is 8.33. The second kappa shape index (κ2) is 15.7. The Balaban J connectivity index is -0.0000000480. The summed E-state index contributed by atoms with van der Waals surface area (Å²) in [6.07, 6.45) is -2.33. The van der Waals surface area contributed by atoms with Crippen molar-refractivity contribution >= 4 is 55.0 Å². The molecule has 0 N–H and O–H groups in total. The molecular weight excluding hydrogens is 279 g/mol. The molecule has 0 spiro atoms. The Morgan fingerprint density at radius 2 is 1.29 bits per heavy atom. The van der Waals surface area contributed by atoms with E-state index in [0.29, 0.717) is 0 Å². The molecule has 0 fully saturated rings. The fraction of sp³-hybridized carbons (Fsp3) is 0. The Morgan fingerprint density at radius 1 is 1.29 bits per heavy atom. The molecule has 4 nitrogen and oxygen atoms in total. The maximum absolute atomic E-state index is 8.38. The monoisotopic (exact) mass is 278 g/mol. The molecule has 0 radical (unpaired) electrons. The fourth-order valence-corrected chi connectivity index (χ4v) is 0. The first-order valence-electron chi connectivity index (χ1n) is 0.901. The van der Waals surface area contributed by atoms with E-state index < -0.39 is 6.16 Å². The molecule has 0 rings (SSSR count). The SMILES string of the molecule is O=C([O-])[O-].[Ba+2].[O]=[Zn]. The van der Waals surface area contributed by atoms with E-state index in [0.717, 1.165) is 0 Å². The zero-order chi connectivity index (χ0) is 5.58. The first-order valence-corrected chi connectivity index (χ1v) is 2.11. The molecule has 7 heavy (non-hydrogen) atoms. The quantitative estimate of drug-likeness (QED) is 0.444. The van der Waals surface area contributed by atoms with Gasteiger partial charge < -0.3 is 15.0 Å². The van der Waals surface area contributed by atoms with Gasteiger partial charge in [0.05, 0.1) is 0 Å².